The van der Waals surface area contributed by atoms with Crippen LogP contribution in [-0.4, -0.2) is 16.9 Å². The molecule has 0 spiro atoms. The molecule has 0 heterocycles. The lowest BCUT2D eigenvalue weighted by atomic mass is 10.1. The number of halogens is 2. The molecule has 1 amide bonds. The second-order valence-electron chi connectivity index (χ2n) is 4.96. The van der Waals surface area contributed by atoms with E-state index in [4.69, 9.17) is 0 Å². The van der Waals surface area contributed by atoms with Crippen molar-refractivity contribution >= 4 is 29.1 Å². The van der Waals surface area contributed by atoms with Crippen molar-refractivity contribution in [1.82, 2.24) is 0 Å². The minimum absolute atomic E-state index is 0.0569. The number of ketones is 1. The molecule has 1 atom stereocenters. The number of nitrogens with one attached hydrogen (secondary N) is 1. The summed E-state index contributed by atoms with van der Waals surface area (Å²) in [5.74, 6) is -1.72. The molecule has 2 aromatic carbocycles. The third-order valence-electron chi connectivity index (χ3n) is 3.13. The van der Waals surface area contributed by atoms with E-state index in [1.54, 1.807) is 31.2 Å². The van der Waals surface area contributed by atoms with Crippen LogP contribution in [-0.2, 0) is 4.79 Å². The SMILES string of the molecule is CC(=O)c1ccc(NC(=O)[C@H](C)Sc2ccc(F)cc2F)cc1. The Labute approximate surface area is 137 Å². The first-order valence-electron chi connectivity index (χ1n) is 6.90. The van der Waals surface area contributed by atoms with Crippen LogP contribution in [0.5, 0.6) is 0 Å². The van der Waals surface area contributed by atoms with Gasteiger partial charge in [0.25, 0.3) is 0 Å². The van der Waals surface area contributed by atoms with Crippen LogP contribution in [0.25, 0.3) is 0 Å². The summed E-state index contributed by atoms with van der Waals surface area (Å²) in [5, 5.41) is 2.12. The molecule has 0 aromatic heterocycles. The molecule has 0 bridgehead atoms. The second kappa shape index (κ2) is 7.37. The monoisotopic (exact) mass is 335 g/mol. The van der Waals surface area contributed by atoms with Gasteiger partial charge in [-0.15, -0.1) is 11.8 Å². The van der Waals surface area contributed by atoms with Gasteiger partial charge in [0.2, 0.25) is 5.91 Å². The average Bonchev–Trinajstić information content (AvgIpc) is 2.50. The summed E-state index contributed by atoms with van der Waals surface area (Å²) in [6.45, 7) is 3.09. The first-order valence-corrected chi connectivity index (χ1v) is 7.78. The number of thioether (sulfide) groups is 1. The Morgan fingerprint density at radius 3 is 2.30 bits per heavy atom. The number of hydrogen-bond acceptors (Lipinski definition) is 3. The zero-order valence-electron chi connectivity index (χ0n) is 12.6. The molecule has 0 saturated heterocycles. The summed E-state index contributed by atoms with van der Waals surface area (Å²) in [4.78, 5) is 23.5. The van der Waals surface area contributed by atoms with Gasteiger partial charge in [-0.25, -0.2) is 8.78 Å². The predicted octanol–water partition coefficient (Wildman–Crippen LogP) is 4.29. The largest absolute Gasteiger partial charge is 0.325 e. The number of carbonyl (C=O) groups is 2. The lowest BCUT2D eigenvalue weighted by Gasteiger charge is -2.12. The van der Waals surface area contributed by atoms with Crippen molar-refractivity contribution in [2.45, 2.75) is 24.0 Å². The van der Waals surface area contributed by atoms with Crippen molar-refractivity contribution in [3.05, 3.63) is 59.7 Å². The summed E-state index contributed by atoms with van der Waals surface area (Å²) >= 11 is 1.01. The van der Waals surface area contributed by atoms with Gasteiger partial charge in [-0.05, 0) is 50.2 Å². The fourth-order valence-electron chi connectivity index (χ4n) is 1.85. The van der Waals surface area contributed by atoms with Crippen molar-refractivity contribution in [2.75, 3.05) is 5.32 Å². The lowest BCUT2D eigenvalue weighted by Crippen LogP contribution is -2.22. The van der Waals surface area contributed by atoms with Crippen LogP contribution in [0, 0.1) is 11.6 Å². The van der Waals surface area contributed by atoms with Gasteiger partial charge in [0.05, 0.1) is 5.25 Å². The maximum Gasteiger partial charge on any atom is 0.237 e. The van der Waals surface area contributed by atoms with Crippen molar-refractivity contribution in [1.29, 1.82) is 0 Å². The molecule has 3 nitrogen and oxygen atoms in total. The molecule has 0 aliphatic heterocycles. The molecular weight excluding hydrogens is 320 g/mol. The van der Waals surface area contributed by atoms with Gasteiger partial charge in [-0.2, -0.15) is 0 Å². The van der Waals surface area contributed by atoms with Gasteiger partial charge in [0.15, 0.2) is 5.78 Å². The molecule has 0 fully saturated rings. The standard InChI is InChI=1S/C17H15F2NO2S/c1-10(21)12-3-6-14(7-4-12)20-17(22)11(2)23-16-8-5-13(18)9-15(16)19/h3-9,11H,1-2H3,(H,20,22)/t11-/m0/s1. The summed E-state index contributed by atoms with van der Waals surface area (Å²) in [6, 6.07) is 9.74. The fourth-order valence-corrected chi connectivity index (χ4v) is 2.71. The zero-order chi connectivity index (χ0) is 17.0. The number of anilines is 1. The number of Topliss-reactive ketones (excluding diaryl/α,β-unsaturated/α-hetero) is 1. The minimum atomic E-state index is -0.694. The maximum absolute atomic E-state index is 13.6. The van der Waals surface area contributed by atoms with Crippen LogP contribution in [0.15, 0.2) is 47.4 Å². The summed E-state index contributed by atoms with van der Waals surface area (Å²) in [6.07, 6.45) is 0. The van der Waals surface area contributed by atoms with E-state index in [9.17, 15) is 18.4 Å². The normalized spacial score (nSPS) is 11.8. The number of benzene rings is 2. The average molecular weight is 335 g/mol. The van der Waals surface area contributed by atoms with Gasteiger partial charge in [-0.1, -0.05) is 0 Å². The van der Waals surface area contributed by atoms with E-state index in [2.05, 4.69) is 5.32 Å². The summed E-state index contributed by atoms with van der Waals surface area (Å²) in [7, 11) is 0. The molecule has 0 aliphatic carbocycles. The molecule has 6 heteroatoms. The lowest BCUT2D eigenvalue weighted by molar-refractivity contribution is -0.115. The zero-order valence-corrected chi connectivity index (χ0v) is 13.4. The van der Waals surface area contributed by atoms with Crippen LogP contribution in [0.4, 0.5) is 14.5 Å². The highest BCUT2D eigenvalue weighted by Gasteiger charge is 2.17. The quantitative estimate of drug-likeness (QED) is 0.655. The fraction of sp³-hybridized carbons (Fsp3) is 0.176. The van der Waals surface area contributed by atoms with Gasteiger partial charge in [-0.3, -0.25) is 9.59 Å². The van der Waals surface area contributed by atoms with Crippen LogP contribution in [0.2, 0.25) is 0 Å². The van der Waals surface area contributed by atoms with E-state index < -0.39 is 16.9 Å². The van der Waals surface area contributed by atoms with Crippen LogP contribution < -0.4 is 5.32 Å². The molecule has 0 aliphatic rings. The van der Waals surface area contributed by atoms with Crippen LogP contribution in [0.3, 0.4) is 0 Å². The number of carbonyl (C=O) groups excluding carboxylic acids is 2. The Morgan fingerprint density at radius 2 is 1.74 bits per heavy atom. The summed E-state index contributed by atoms with van der Waals surface area (Å²) < 4.78 is 26.5. The molecule has 0 saturated carbocycles. The molecule has 0 radical (unpaired) electrons. The molecule has 23 heavy (non-hydrogen) atoms. The van der Waals surface area contributed by atoms with Gasteiger partial charge in [0, 0.05) is 22.2 Å². The molecule has 120 valence electrons. The van der Waals surface area contributed by atoms with E-state index in [1.807, 2.05) is 0 Å². The number of amides is 1. The van der Waals surface area contributed by atoms with E-state index in [0.717, 1.165) is 23.9 Å². The van der Waals surface area contributed by atoms with Crippen molar-refractivity contribution in [3.8, 4) is 0 Å². The molecule has 2 aromatic rings. The highest BCUT2D eigenvalue weighted by atomic mass is 32.2. The number of hydrogen-bond donors (Lipinski definition) is 1. The molecule has 1 N–H and O–H groups in total. The van der Waals surface area contributed by atoms with Crippen LogP contribution in [0.1, 0.15) is 24.2 Å². The Hall–Kier alpha value is -2.21. The Bertz CT molecular complexity index is 732. The first kappa shape index (κ1) is 17.1. The Kier molecular flexibility index (Phi) is 5.50. The van der Waals surface area contributed by atoms with Gasteiger partial charge < -0.3 is 5.32 Å². The van der Waals surface area contributed by atoms with Gasteiger partial charge >= 0.3 is 0 Å². The Morgan fingerprint density at radius 1 is 1.09 bits per heavy atom. The number of rotatable bonds is 5. The van der Waals surface area contributed by atoms with E-state index in [-0.39, 0.29) is 16.6 Å². The highest BCUT2D eigenvalue weighted by Crippen LogP contribution is 2.27. The van der Waals surface area contributed by atoms with Gasteiger partial charge in [0.1, 0.15) is 11.6 Å². The van der Waals surface area contributed by atoms with Crippen molar-refractivity contribution in [3.63, 3.8) is 0 Å². The third-order valence-corrected chi connectivity index (χ3v) is 4.28. The third kappa shape index (κ3) is 4.63. The van der Waals surface area contributed by atoms with E-state index >= 15 is 0 Å². The topological polar surface area (TPSA) is 46.2 Å². The second-order valence-corrected chi connectivity index (χ2v) is 6.34. The summed E-state index contributed by atoms with van der Waals surface area (Å²) in [5.41, 5.74) is 1.10. The maximum atomic E-state index is 13.6. The minimum Gasteiger partial charge on any atom is -0.325 e. The smallest absolute Gasteiger partial charge is 0.237 e. The molecule has 0 unspecified atom stereocenters. The van der Waals surface area contributed by atoms with Crippen molar-refractivity contribution < 1.29 is 18.4 Å². The molecular formula is C17H15F2NO2S. The van der Waals surface area contributed by atoms with Crippen molar-refractivity contribution in [2.24, 2.45) is 0 Å². The highest BCUT2D eigenvalue weighted by molar-refractivity contribution is 8.00. The van der Waals surface area contributed by atoms with E-state index in [1.165, 1.54) is 13.0 Å². The predicted molar refractivity (Wildman–Crippen MR) is 86.8 cm³/mol. The van der Waals surface area contributed by atoms with Crippen LogP contribution >= 0.6 is 11.8 Å². The Balaban J connectivity index is 2.00. The first-order chi connectivity index (χ1) is 10.9. The molecule has 2 rings (SSSR count). The van der Waals surface area contributed by atoms with E-state index in [0.29, 0.717) is 11.3 Å².